The van der Waals surface area contributed by atoms with E-state index in [2.05, 4.69) is 0 Å². The monoisotopic (exact) mass is 190 g/mol. The van der Waals surface area contributed by atoms with Gasteiger partial charge in [-0.25, -0.2) is 0 Å². The first-order chi connectivity index (χ1) is 5.93. The molecule has 0 atom stereocenters. The Balaban J connectivity index is 0.00000144. The normalized spacial score (nSPS) is 10.2. The average molecular weight is 190 g/mol. The van der Waals surface area contributed by atoms with Gasteiger partial charge in [0.25, 0.3) is 0 Å². The number of rotatable bonds is 5. The van der Waals surface area contributed by atoms with E-state index in [0.29, 0.717) is 13.2 Å². The van der Waals surface area contributed by atoms with Crippen molar-refractivity contribution >= 4 is 14.1 Å². The van der Waals surface area contributed by atoms with Crippen LogP contribution in [0.4, 0.5) is 0 Å². The molecule has 0 radical (unpaired) electrons. The Morgan fingerprint density at radius 1 is 1.15 bits per heavy atom. The molecule has 0 N–H and O–H groups in total. The van der Waals surface area contributed by atoms with Gasteiger partial charge < -0.3 is 18.1 Å². The van der Waals surface area contributed by atoms with Gasteiger partial charge in [-0.2, -0.15) is 5.30 Å². The van der Waals surface area contributed by atoms with Crippen molar-refractivity contribution in [2.24, 2.45) is 0 Å². The van der Waals surface area contributed by atoms with Crippen molar-refractivity contribution in [1.29, 1.82) is 0 Å². The zero-order chi connectivity index (χ0) is 8.65. The van der Waals surface area contributed by atoms with E-state index in [1.165, 1.54) is 5.30 Å². The van der Waals surface area contributed by atoms with Crippen LogP contribution in [0, 0.1) is 0 Å². The van der Waals surface area contributed by atoms with Crippen LogP contribution in [0.5, 0.6) is 0 Å². The SMILES string of the molecule is COCCO[P-]c1ccccc1.[Li+]. The summed E-state index contributed by atoms with van der Waals surface area (Å²) < 4.78 is 10.2. The average Bonchev–Trinajstić information content (AvgIpc) is 2.14. The van der Waals surface area contributed by atoms with Gasteiger partial charge in [0.1, 0.15) is 0 Å². The van der Waals surface area contributed by atoms with Crippen molar-refractivity contribution in [3.05, 3.63) is 30.3 Å². The number of methoxy groups -OCH3 is 1. The molecule has 0 aliphatic heterocycles. The van der Waals surface area contributed by atoms with E-state index >= 15 is 0 Å². The number of hydrogen-bond acceptors (Lipinski definition) is 2. The van der Waals surface area contributed by atoms with E-state index in [0.717, 1.165) is 8.81 Å². The van der Waals surface area contributed by atoms with E-state index in [4.69, 9.17) is 9.26 Å². The summed E-state index contributed by atoms with van der Waals surface area (Å²) in [5, 5.41) is 1.17. The first-order valence-corrected chi connectivity index (χ1v) is 4.61. The molecule has 1 aromatic carbocycles. The van der Waals surface area contributed by atoms with Gasteiger partial charge in [-0.15, -0.1) is 0 Å². The summed E-state index contributed by atoms with van der Waals surface area (Å²) in [7, 11) is 2.58. The molecular weight excluding hydrogens is 178 g/mol. The maximum atomic E-state index is 5.31. The molecule has 0 saturated heterocycles. The number of benzene rings is 1. The standard InChI is InChI=1S/C9H12O2P.Li/c1-10-7-8-11-12-9-5-3-2-4-6-9;/h2-6H,7-8H2,1H3;/q-1;+1. The van der Waals surface area contributed by atoms with Crippen molar-refractivity contribution < 1.29 is 28.1 Å². The van der Waals surface area contributed by atoms with Crippen molar-refractivity contribution in [3.63, 3.8) is 0 Å². The quantitative estimate of drug-likeness (QED) is 0.331. The van der Waals surface area contributed by atoms with Crippen molar-refractivity contribution in [2.75, 3.05) is 20.3 Å². The third kappa shape index (κ3) is 6.27. The maximum Gasteiger partial charge on any atom is 1.00 e. The van der Waals surface area contributed by atoms with Crippen molar-refractivity contribution in [2.45, 2.75) is 0 Å². The molecule has 0 fully saturated rings. The smallest absolute Gasteiger partial charge is 0.551 e. The van der Waals surface area contributed by atoms with Crippen LogP contribution in [-0.4, -0.2) is 20.3 Å². The Kier molecular flexibility index (Phi) is 8.86. The van der Waals surface area contributed by atoms with Gasteiger partial charge in [-0.3, -0.25) is 0 Å². The summed E-state index contributed by atoms with van der Waals surface area (Å²) in [5.41, 5.74) is 0. The molecular formula is C9H12LiO2P. The van der Waals surface area contributed by atoms with Crippen LogP contribution < -0.4 is 24.2 Å². The van der Waals surface area contributed by atoms with Crippen LogP contribution in [0.3, 0.4) is 0 Å². The van der Waals surface area contributed by atoms with Crippen LogP contribution in [-0.2, 0) is 9.26 Å². The van der Waals surface area contributed by atoms with E-state index in [9.17, 15) is 0 Å². The summed E-state index contributed by atoms with van der Waals surface area (Å²) in [6, 6.07) is 10.1. The zero-order valence-corrected chi connectivity index (χ0v) is 8.96. The molecule has 2 nitrogen and oxygen atoms in total. The number of ether oxygens (including phenoxy) is 1. The summed E-state index contributed by atoms with van der Waals surface area (Å²) >= 11 is 0. The molecule has 1 rings (SSSR count). The van der Waals surface area contributed by atoms with Crippen LogP contribution >= 0.6 is 8.81 Å². The van der Waals surface area contributed by atoms with Gasteiger partial charge >= 0.3 is 18.9 Å². The molecule has 0 aliphatic carbocycles. The first-order valence-electron chi connectivity index (χ1n) is 3.80. The molecule has 66 valence electrons. The van der Waals surface area contributed by atoms with E-state index < -0.39 is 0 Å². The second-order valence-electron chi connectivity index (χ2n) is 2.25. The minimum absolute atomic E-state index is 0. The Morgan fingerprint density at radius 3 is 2.46 bits per heavy atom. The molecule has 4 heteroatoms. The van der Waals surface area contributed by atoms with Gasteiger partial charge in [-0.1, -0.05) is 30.3 Å². The molecule has 0 aromatic heterocycles. The third-order valence-electron chi connectivity index (χ3n) is 1.30. The van der Waals surface area contributed by atoms with Gasteiger partial charge in [0.05, 0.1) is 6.61 Å². The van der Waals surface area contributed by atoms with E-state index in [-0.39, 0.29) is 18.9 Å². The minimum atomic E-state index is 0. The zero-order valence-electron chi connectivity index (χ0n) is 8.06. The first kappa shape index (κ1) is 13.2. The van der Waals surface area contributed by atoms with Crippen LogP contribution in [0.2, 0.25) is 0 Å². The maximum absolute atomic E-state index is 5.31. The van der Waals surface area contributed by atoms with Crippen LogP contribution in [0.25, 0.3) is 0 Å². The summed E-state index contributed by atoms with van der Waals surface area (Å²) in [4.78, 5) is 0. The fourth-order valence-corrected chi connectivity index (χ4v) is 1.34. The Bertz CT molecular complexity index is 206. The van der Waals surface area contributed by atoms with Gasteiger partial charge in [0.2, 0.25) is 0 Å². The summed E-state index contributed by atoms with van der Waals surface area (Å²) in [5.74, 6) is 0. The van der Waals surface area contributed by atoms with Gasteiger partial charge in [-0.05, 0) is 0 Å². The Morgan fingerprint density at radius 2 is 1.85 bits per heavy atom. The van der Waals surface area contributed by atoms with E-state index in [1.54, 1.807) is 7.11 Å². The molecule has 0 heterocycles. The molecule has 0 amide bonds. The van der Waals surface area contributed by atoms with Crippen LogP contribution in [0.1, 0.15) is 0 Å². The molecule has 0 unspecified atom stereocenters. The molecule has 0 aliphatic rings. The third-order valence-corrected chi connectivity index (χ3v) is 2.13. The minimum Gasteiger partial charge on any atom is -0.551 e. The van der Waals surface area contributed by atoms with Gasteiger partial charge in [0.15, 0.2) is 0 Å². The van der Waals surface area contributed by atoms with Crippen LogP contribution in [0.15, 0.2) is 30.3 Å². The van der Waals surface area contributed by atoms with Gasteiger partial charge in [0, 0.05) is 13.7 Å². The topological polar surface area (TPSA) is 18.5 Å². The Labute approximate surface area is 93.1 Å². The molecule has 0 saturated carbocycles. The fourth-order valence-electron chi connectivity index (χ4n) is 0.730. The second kappa shape index (κ2) is 8.75. The predicted octanol–water partition coefficient (Wildman–Crippen LogP) is -1.16. The van der Waals surface area contributed by atoms with E-state index in [1.807, 2.05) is 30.3 Å². The predicted molar refractivity (Wildman–Crippen MR) is 50.8 cm³/mol. The molecule has 0 spiro atoms. The fraction of sp³-hybridized carbons (Fsp3) is 0.333. The largest absolute Gasteiger partial charge is 1.00 e. The summed E-state index contributed by atoms with van der Waals surface area (Å²) in [6.07, 6.45) is 0. The number of hydrogen-bond donors (Lipinski definition) is 0. The molecule has 0 bridgehead atoms. The van der Waals surface area contributed by atoms with Crippen molar-refractivity contribution in [3.8, 4) is 0 Å². The second-order valence-corrected chi connectivity index (χ2v) is 3.21. The summed E-state index contributed by atoms with van der Waals surface area (Å²) in [6.45, 7) is 1.30. The molecule has 13 heavy (non-hydrogen) atoms. The molecule has 1 aromatic rings. The van der Waals surface area contributed by atoms with Crippen molar-refractivity contribution in [1.82, 2.24) is 0 Å². The Hall–Kier alpha value is 0.167.